The average Bonchev–Trinajstić information content (AvgIpc) is 1.54. The summed E-state index contributed by atoms with van der Waals surface area (Å²) >= 11 is 0. The molecule has 0 unspecified atom stereocenters. The molecule has 0 bridgehead atoms. The molecule has 14 fully saturated rings. The highest BCUT2D eigenvalue weighted by atomic mass is 19.2. The van der Waals surface area contributed by atoms with Crippen molar-refractivity contribution in [3.8, 4) is 0 Å². The quantitative estimate of drug-likeness (QED) is 0.0724. The van der Waals surface area contributed by atoms with Crippen LogP contribution < -0.4 is 0 Å². The molecular formula is C111H148F4O19. The molecule has 0 aromatic carbocycles. The summed E-state index contributed by atoms with van der Waals surface area (Å²) in [4.78, 5) is 122. The van der Waals surface area contributed by atoms with E-state index in [-0.39, 0.29) is 159 Å². The van der Waals surface area contributed by atoms with Crippen LogP contribution in [0.4, 0.5) is 17.6 Å². The zero-order valence-electron chi connectivity index (χ0n) is 81.5. The summed E-state index contributed by atoms with van der Waals surface area (Å²) in [6.07, 6.45) is 28.8. The first-order valence-corrected chi connectivity index (χ1v) is 50.6. The Hall–Kier alpha value is -6.54. The molecule has 0 amide bonds. The first-order valence-electron chi connectivity index (χ1n) is 50.6. The number of hydrogen-bond donors (Lipinski definition) is 9. The van der Waals surface area contributed by atoms with Gasteiger partial charge in [0.1, 0.15) is 42.5 Å². The van der Waals surface area contributed by atoms with Gasteiger partial charge >= 0.3 is 0 Å². The number of rotatable bonds is 10. The monoisotopic (exact) mass is 1860 g/mol. The second kappa shape index (κ2) is 33.9. The molecule has 20 aliphatic carbocycles. The molecule has 20 rings (SSSR count). The van der Waals surface area contributed by atoms with Crippen molar-refractivity contribution in [1.82, 2.24) is 0 Å². The first kappa shape index (κ1) is 100. The minimum Gasteiger partial charge on any atom is -0.393 e. The number of allylic oxidation sites excluding steroid dienone is 17. The van der Waals surface area contributed by atoms with Gasteiger partial charge in [0.05, 0.1) is 24.4 Å². The molecule has 20 aliphatic rings. The second-order valence-corrected chi connectivity index (χ2v) is 48.0. The van der Waals surface area contributed by atoms with E-state index >= 15 is 17.6 Å². The number of carbonyl (C=O) groups is 10. The van der Waals surface area contributed by atoms with E-state index in [9.17, 15) is 93.9 Å². The molecule has 9 N–H and O–H groups in total. The van der Waals surface area contributed by atoms with E-state index in [2.05, 4.69) is 33.4 Å². The summed E-state index contributed by atoms with van der Waals surface area (Å²) in [6, 6.07) is 0. The van der Waals surface area contributed by atoms with Crippen molar-refractivity contribution >= 4 is 57.8 Å². The number of alkyl halides is 4. The number of aliphatic hydroxyl groups is 9. The van der Waals surface area contributed by atoms with Gasteiger partial charge in [-0.05, 0) is 302 Å². The van der Waals surface area contributed by atoms with Crippen LogP contribution in [0, 0.1) is 142 Å². The molecule has 0 spiro atoms. The van der Waals surface area contributed by atoms with Crippen LogP contribution in [0.1, 0.15) is 284 Å². The Balaban J connectivity index is 0.000000122. The van der Waals surface area contributed by atoms with Crippen LogP contribution in [0.5, 0.6) is 0 Å². The summed E-state index contributed by atoms with van der Waals surface area (Å²) in [6.45, 7) is 31.7. The number of ketones is 10. The molecule has 0 aromatic heterocycles. The van der Waals surface area contributed by atoms with Crippen LogP contribution in [0.3, 0.4) is 0 Å². The lowest BCUT2D eigenvalue weighted by Gasteiger charge is -2.62. The van der Waals surface area contributed by atoms with Crippen molar-refractivity contribution in [2.75, 3.05) is 13.2 Å². The highest BCUT2D eigenvalue weighted by molar-refractivity contribution is 6.03. The number of aliphatic hydroxyl groups excluding tert-OH is 6. The van der Waals surface area contributed by atoms with Crippen LogP contribution >= 0.6 is 0 Å². The normalized spacial score (nSPS) is 50.1. The van der Waals surface area contributed by atoms with Crippen molar-refractivity contribution < 1.29 is 111 Å². The lowest BCUT2D eigenvalue weighted by atomic mass is 9.44. The Morgan fingerprint density at radius 2 is 0.993 bits per heavy atom. The van der Waals surface area contributed by atoms with Gasteiger partial charge in [-0.15, -0.1) is 0 Å². The molecular weight excluding hydrogens is 1710 g/mol. The summed E-state index contributed by atoms with van der Waals surface area (Å²) < 4.78 is 64.1. The minimum atomic E-state index is -2.05. The second-order valence-electron chi connectivity index (χ2n) is 48.0. The molecule has 23 heteroatoms. The minimum absolute atomic E-state index is 0.0141. The topological polar surface area (TPSA) is 353 Å². The van der Waals surface area contributed by atoms with E-state index in [0.29, 0.717) is 112 Å². The number of Topliss-reactive ketones (excluding diaryl/α,β-unsaturated/α-hetero) is 5. The molecule has 14 saturated carbocycles. The Kier molecular flexibility index (Phi) is 25.4. The fourth-order valence-electron chi connectivity index (χ4n) is 35.6. The van der Waals surface area contributed by atoms with Gasteiger partial charge in [-0.1, -0.05) is 143 Å². The van der Waals surface area contributed by atoms with E-state index in [4.69, 9.17) is 0 Å². The lowest BCUT2D eigenvalue weighted by molar-refractivity contribution is -0.215. The van der Waals surface area contributed by atoms with E-state index < -0.39 is 145 Å². The van der Waals surface area contributed by atoms with Gasteiger partial charge in [-0.2, -0.15) is 0 Å². The number of hydrogen-bond acceptors (Lipinski definition) is 19. The predicted octanol–water partition coefficient (Wildman–Crippen LogP) is 16.1. The maximum absolute atomic E-state index is 16.9. The fourth-order valence-corrected chi connectivity index (χ4v) is 35.6. The highest BCUT2D eigenvalue weighted by Crippen LogP contribution is 2.76. The van der Waals surface area contributed by atoms with Gasteiger partial charge in [-0.3, -0.25) is 47.9 Å². The van der Waals surface area contributed by atoms with Gasteiger partial charge in [-0.25, -0.2) is 17.6 Å². The third-order valence-electron chi connectivity index (χ3n) is 43.0. The van der Waals surface area contributed by atoms with Gasteiger partial charge in [0, 0.05) is 99.1 Å². The predicted molar refractivity (Wildman–Crippen MR) is 496 cm³/mol. The summed E-state index contributed by atoms with van der Waals surface area (Å²) in [7, 11) is 0. The van der Waals surface area contributed by atoms with Crippen molar-refractivity contribution in [2.24, 2.45) is 142 Å². The van der Waals surface area contributed by atoms with Crippen LogP contribution in [-0.2, 0) is 47.9 Å². The SMILES string of the molecule is C=C1C[C@H]2[C@@H]3CCC4=CC(=O)C=C[C@]4(C)[C@@]3(F)[C@@H](O)C[C@]2(C)[C@@]1(O)C(=O)CO.CCC(=O)[C@@]1(O)CC[C@H]2[C@@H]3CCC4=CC(=O)CC[C@]4(C)C3=CC[C@@]21C.CCC(=O)[C@@]1(O)CC[C@H]2[C@@H]3CCC4=CC(=O)CC[C@]4(C)[C@H]3[C@@H](O)C[C@@]21C.CCC(=O)[C@H]1[C@H](C)C[C@H]2[C@@H]3C[C@H](F)C4=CC(=O)C=C[C@]4(C)[C@@]3(F)[C@@H](O)C[C@@]21C.C[C@]12C=CC(=O)C=C1[C@@H](F)C[C@@H]1[C@@H]2[C@@H](O)C[C@@]2(C)[C@H]1CC[C@]2(C)C(=O)CO. The molecule has 0 radical (unpaired) electrons. The Labute approximate surface area is 787 Å². The Bertz CT molecular complexity index is 5240. The lowest BCUT2D eigenvalue weighted by Crippen LogP contribution is -2.69. The number of fused-ring (bicyclic) bond motifs is 25. The van der Waals surface area contributed by atoms with Crippen LogP contribution in [-0.4, -0.2) is 182 Å². The van der Waals surface area contributed by atoms with Gasteiger partial charge in [0.15, 0.2) is 69.0 Å². The molecule has 0 heterocycles. The van der Waals surface area contributed by atoms with Crippen LogP contribution in [0.15, 0.2) is 119 Å². The average molecular weight is 1860 g/mol. The van der Waals surface area contributed by atoms with Gasteiger partial charge in [0.25, 0.3) is 0 Å². The van der Waals surface area contributed by atoms with Crippen LogP contribution in [0.25, 0.3) is 0 Å². The maximum Gasteiger partial charge on any atom is 0.194 e. The molecule has 0 saturated heterocycles. The van der Waals surface area contributed by atoms with E-state index in [1.54, 1.807) is 32.9 Å². The van der Waals surface area contributed by atoms with Crippen molar-refractivity contribution in [3.05, 3.63) is 119 Å². The summed E-state index contributed by atoms with van der Waals surface area (Å²) in [5, 5.41) is 97.5. The van der Waals surface area contributed by atoms with E-state index in [1.807, 2.05) is 74.5 Å². The van der Waals surface area contributed by atoms with E-state index in [0.717, 1.165) is 64.2 Å². The highest BCUT2D eigenvalue weighted by Gasteiger charge is 2.78. The molecule has 134 heavy (non-hydrogen) atoms. The van der Waals surface area contributed by atoms with Crippen molar-refractivity contribution in [2.45, 2.75) is 349 Å². The largest absolute Gasteiger partial charge is 0.393 e. The first-order chi connectivity index (χ1) is 62.5. The molecule has 0 aromatic rings. The van der Waals surface area contributed by atoms with Gasteiger partial charge < -0.3 is 46.0 Å². The number of carbonyl (C=O) groups excluding carboxylic acids is 10. The summed E-state index contributed by atoms with van der Waals surface area (Å²) in [5.74, 6) is -1.62. The third-order valence-corrected chi connectivity index (χ3v) is 43.0. The Morgan fingerprint density at radius 3 is 1.63 bits per heavy atom. The van der Waals surface area contributed by atoms with Crippen LogP contribution in [0.2, 0.25) is 0 Å². The molecule has 0 aliphatic heterocycles. The fraction of sp³-hybridized carbons (Fsp3) is 0.730. The van der Waals surface area contributed by atoms with E-state index in [1.165, 1.54) is 59.3 Å². The molecule has 36 atom stereocenters. The Morgan fingerprint density at radius 1 is 0.463 bits per heavy atom. The molecule has 734 valence electrons. The molecule has 19 nitrogen and oxygen atoms in total. The maximum atomic E-state index is 16.9. The zero-order chi connectivity index (χ0) is 98.1. The van der Waals surface area contributed by atoms with Gasteiger partial charge in [0.2, 0.25) is 0 Å². The third kappa shape index (κ3) is 13.7. The standard InChI is InChI=1S/C23H30F2O3.C22H27FO5.C22H29FO4.C22H32O4.C22H30O3/c1-5-18(27)20-12(2)8-14-15-10-17(24)16-9-13(26)6-7-22(16,4)23(15,25)19(28)11-21(14,20)3;1-12-8-16-15-5-4-13-9-14(25)6-7-19(13,2)21(15,23)17(26)10-20(16,3)22(12,28)18(27)11-24;1-20-6-4-12(25)8-15(20)16(23)9-13-14-5-7-21(2,18(27)11-24)22(14,3)10-17(26)19(13)20;1-4-18(25)22(26)10-8-16-15-6-5-13-11-14(23)7-9-20(13,2)19(15)17(24)12-21(16,22)3;1-4-19(24)22(25)12-9-18-16-6-5-14-13-15(23)7-10-20(14,2)17(16)8-11-21(18,22)3/h6-7,9,12,14-15,17,19-20,28H,5,8,10-11H2,1-4H3;6-7,9,15-17,24,26,28H,1,4-5,8,10-11H2,2-3H3;4,6,8,13-14,16-17,19,24,26H,5,7,9-11H2,1-3H3;11,15-17,19,24,26H,4-10,12H2,1-3H3;8,13,16,18,25H,4-7,9-12H2,1-3H3/t12-,14+,15+,17+,19+,20-,21+,22+,23+;15-,16-,17-,19-,20-,21-,22-;13-,14-,16-,17-,19+,20-,21+,22-;15-,16-,17-,19+,20-,21-,22-;16-,18+,20+,21+,22+/m10001/s1. The number of halogens is 4. The smallest absolute Gasteiger partial charge is 0.194 e. The van der Waals surface area contributed by atoms with Crippen molar-refractivity contribution in [1.29, 1.82) is 0 Å². The van der Waals surface area contributed by atoms with Crippen molar-refractivity contribution in [3.63, 3.8) is 0 Å². The zero-order valence-corrected chi connectivity index (χ0v) is 81.5. The summed E-state index contributed by atoms with van der Waals surface area (Å²) in [5.41, 5.74) is -9.79.